The number of amides is 4. The van der Waals surface area contributed by atoms with Gasteiger partial charge in [0.1, 0.15) is 10.0 Å². The Morgan fingerprint density at radius 1 is 0.771 bits per heavy atom. The summed E-state index contributed by atoms with van der Waals surface area (Å²) in [4.78, 5) is 51.5. The maximum Gasteiger partial charge on any atom is 0.251 e. The minimum Gasteiger partial charge on any atom is -0.365 e. The van der Waals surface area contributed by atoms with Gasteiger partial charge in [0.15, 0.2) is 0 Å². The molecule has 0 saturated heterocycles. The van der Waals surface area contributed by atoms with E-state index in [-0.39, 0.29) is 24.7 Å². The number of thiophene rings is 2. The highest BCUT2D eigenvalue weighted by molar-refractivity contribution is 7.17. The molecule has 2 aliphatic rings. The normalized spacial score (nSPS) is 18.9. The first-order valence-corrected chi connectivity index (χ1v) is 13.8. The SMILES string of the molecule is C[C@@H]1CCc2c(sc(NC(=O)CCCC(=O)Nc3sc4c(c3C(N)=O)CC[C@@H](C)C4)c2C(N)=O)C1. The predicted octanol–water partition coefficient (Wildman–Crippen LogP) is 4.00. The van der Waals surface area contributed by atoms with E-state index in [0.29, 0.717) is 39.4 Å². The van der Waals surface area contributed by atoms with E-state index < -0.39 is 11.8 Å². The van der Waals surface area contributed by atoms with E-state index in [1.807, 2.05) is 0 Å². The van der Waals surface area contributed by atoms with Crippen molar-refractivity contribution in [1.29, 1.82) is 0 Å². The number of hydrogen-bond donors (Lipinski definition) is 4. The van der Waals surface area contributed by atoms with E-state index in [1.54, 1.807) is 0 Å². The van der Waals surface area contributed by atoms with Crippen LogP contribution in [0.3, 0.4) is 0 Å². The Kier molecular flexibility index (Phi) is 7.61. The molecule has 0 radical (unpaired) electrons. The van der Waals surface area contributed by atoms with Gasteiger partial charge in [0.05, 0.1) is 11.1 Å². The predicted molar refractivity (Wildman–Crippen MR) is 139 cm³/mol. The summed E-state index contributed by atoms with van der Waals surface area (Å²) in [6.45, 7) is 4.35. The fraction of sp³-hybridized carbons (Fsp3) is 0.520. The summed E-state index contributed by atoms with van der Waals surface area (Å²) in [6, 6.07) is 0. The van der Waals surface area contributed by atoms with Crippen LogP contribution in [0.1, 0.15) is 87.5 Å². The molecule has 0 aromatic carbocycles. The molecule has 2 aromatic rings. The van der Waals surface area contributed by atoms with Crippen LogP contribution in [-0.2, 0) is 35.3 Å². The molecule has 2 atom stereocenters. The maximum absolute atomic E-state index is 12.6. The molecule has 2 aliphatic carbocycles. The Morgan fingerprint density at radius 3 is 1.54 bits per heavy atom. The zero-order chi connectivity index (χ0) is 25.3. The molecule has 0 fully saturated rings. The highest BCUT2D eigenvalue weighted by atomic mass is 32.1. The zero-order valence-corrected chi connectivity index (χ0v) is 21.8. The van der Waals surface area contributed by atoms with Crippen molar-refractivity contribution in [2.75, 3.05) is 10.6 Å². The number of fused-ring (bicyclic) bond motifs is 2. The van der Waals surface area contributed by atoms with E-state index in [0.717, 1.165) is 59.4 Å². The van der Waals surface area contributed by atoms with E-state index >= 15 is 0 Å². The molecule has 2 aromatic heterocycles. The first kappa shape index (κ1) is 25.4. The number of carbonyl (C=O) groups is 4. The van der Waals surface area contributed by atoms with Crippen molar-refractivity contribution in [2.45, 2.75) is 71.6 Å². The highest BCUT2D eigenvalue weighted by Crippen LogP contribution is 2.40. The monoisotopic (exact) mass is 516 g/mol. The van der Waals surface area contributed by atoms with Gasteiger partial charge in [-0.2, -0.15) is 0 Å². The number of nitrogens with two attached hydrogens (primary N) is 2. The van der Waals surface area contributed by atoms with E-state index in [4.69, 9.17) is 11.5 Å². The molecule has 0 saturated carbocycles. The number of anilines is 2. The van der Waals surface area contributed by atoms with E-state index in [2.05, 4.69) is 24.5 Å². The summed E-state index contributed by atoms with van der Waals surface area (Å²) in [6.07, 6.45) is 5.94. The maximum atomic E-state index is 12.6. The summed E-state index contributed by atoms with van der Waals surface area (Å²) in [5.74, 6) is -0.488. The fourth-order valence-electron chi connectivity index (χ4n) is 4.99. The van der Waals surface area contributed by atoms with Crippen LogP contribution in [0.15, 0.2) is 0 Å². The molecule has 0 spiro atoms. The Labute approximate surface area is 212 Å². The molecule has 2 heterocycles. The summed E-state index contributed by atoms with van der Waals surface area (Å²) in [5.41, 5.74) is 14.0. The average Bonchev–Trinajstić information content (AvgIpc) is 3.29. The lowest BCUT2D eigenvalue weighted by Crippen LogP contribution is -2.20. The lowest BCUT2D eigenvalue weighted by atomic mass is 9.88. The number of carbonyl (C=O) groups excluding carboxylic acids is 4. The second-order valence-corrected chi connectivity index (χ2v) is 12.0. The minimum atomic E-state index is -0.523. The summed E-state index contributed by atoms with van der Waals surface area (Å²) >= 11 is 2.85. The molecule has 188 valence electrons. The quantitative estimate of drug-likeness (QED) is 0.420. The van der Waals surface area contributed by atoms with Gasteiger partial charge in [0, 0.05) is 22.6 Å². The van der Waals surface area contributed by atoms with E-state index in [9.17, 15) is 19.2 Å². The summed E-state index contributed by atoms with van der Waals surface area (Å²) in [7, 11) is 0. The third kappa shape index (κ3) is 5.59. The molecular weight excluding hydrogens is 484 g/mol. The molecule has 35 heavy (non-hydrogen) atoms. The van der Waals surface area contributed by atoms with Crippen LogP contribution in [0.25, 0.3) is 0 Å². The van der Waals surface area contributed by atoms with Crippen LogP contribution in [0.2, 0.25) is 0 Å². The van der Waals surface area contributed by atoms with Crippen LogP contribution in [0, 0.1) is 11.8 Å². The van der Waals surface area contributed by atoms with Gasteiger partial charge in [0.2, 0.25) is 11.8 Å². The molecule has 0 bridgehead atoms. The van der Waals surface area contributed by atoms with Crippen molar-refractivity contribution in [3.8, 4) is 0 Å². The lowest BCUT2D eigenvalue weighted by molar-refractivity contribution is -0.117. The molecule has 4 amide bonds. The van der Waals surface area contributed by atoms with Crippen molar-refractivity contribution in [1.82, 2.24) is 0 Å². The molecule has 8 nitrogen and oxygen atoms in total. The first-order valence-electron chi connectivity index (χ1n) is 12.1. The largest absolute Gasteiger partial charge is 0.365 e. The molecule has 0 aliphatic heterocycles. The molecule has 4 rings (SSSR count). The fourth-order valence-corrected chi connectivity index (χ4v) is 7.85. The topological polar surface area (TPSA) is 144 Å². The van der Waals surface area contributed by atoms with Gasteiger partial charge in [-0.3, -0.25) is 19.2 Å². The minimum absolute atomic E-state index is 0.131. The summed E-state index contributed by atoms with van der Waals surface area (Å²) in [5, 5.41) is 6.69. The standard InChI is InChI=1S/C25H32N4O4S2/c1-12-6-8-14-16(10-12)34-24(20(14)22(26)32)28-18(30)4-3-5-19(31)29-25-21(23(27)33)15-9-7-13(2)11-17(15)35-25/h12-13H,3-11H2,1-2H3,(H2,26,32)(H2,27,33)(H,28,30)(H,29,31)/t12-,13-/m1/s1. The number of hydrogen-bond acceptors (Lipinski definition) is 6. The van der Waals surface area contributed by atoms with Crippen LogP contribution in [0.4, 0.5) is 10.0 Å². The van der Waals surface area contributed by atoms with Crippen LogP contribution < -0.4 is 22.1 Å². The van der Waals surface area contributed by atoms with Crippen molar-refractivity contribution < 1.29 is 19.2 Å². The second-order valence-electron chi connectivity index (χ2n) is 9.79. The Morgan fingerprint density at radius 2 is 1.17 bits per heavy atom. The Hall–Kier alpha value is -2.72. The van der Waals surface area contributed by atoms with Crippen molar-refractivity contribution in [2.24, 2.45) is 23.3 Å². The van der Waals surface area contributed by atoms with Gasteiger partial charge in [-0.15, -0.1) is 22.7 Å². The van der Waals surface area contributed by atoms with Gasteiger partial charge in [0.25, 0.3) is 11.8 Å². The number of rotatable bonds is 8. The number of nitrogens with one attached hydrogen (secondary N) is 2. The van der Waals surface area contributed by atoms with Gasteiger partial charge < -0.3 is 22.1 Å². The zero-order valence-electron chi connectivity index (χ0n) is 20.1. The summed E-state index contributed by atoms with van der Waals surface area (Å²) < 4.78 is 0. The van der Waals surface area contributed by atoms with Crippen molar-refractivity contribution in [3.05, 3.63) is 32.0 Å². The molecule has 10 heteroatoms. The highest BCUT2D eigenvalue weighted by Gasteiger charge is 2.28. The first-order chi connectivity index (χ1) is 16.6. The van der Waals surface area contributed by atoms with Crippen LogP contribution in [0.5, 0.6) is 0 Å². The Bertz CT molecular complexity index is 1090. The number of primary amides is 2. The van der Waals surface area contributed by atoms with E-state index in [1.165, 1.54) is 22.7 Å². The smallest absolute Gasteiger partial charge is 0.251 e. The van der Waals surface area contributed by atoms with Gasteiger partial charge >= 0.3 is 0 Å². The molecule has 6 N–H and O–H groups in total. The van der Waals surface area contributed by atoms with Gasteiger partial charge in [-0.25, -0.2) is 0 Å². The third-order valence-electron chi connectivity index (χ3n) is 6.83. The van der Waals surface area contributed by atoms with Crippen molar-refractivity contribution >= 4 is 56.3 Å². The third-order valence-corrected chi connectivity index (χ3v) is 9.17. The van der Waals surface area contributed by atoms with Crippen LogP contribution in [-0.4, -0.2) is 23.6 Å². The van der Waals surface area contributed by atoms with Gasteiger partial charge in [-0.1, -0.05) is 13.8 Å². The lowest BCUT2D eigenvalue weighted by Gasteiger charge is -2.18. The second kappa shape index (κ2) is 10.5. The average molecular weight is 517 g/mol. The molecular formula is C25H32N4O4S2. The Balaban J connectivity index is 1.33. The van der Waals surface area contributed by atoms with Crippen molar-refractivity contribution in [3.63, 3.8) is 0 Å². The van der Waals surface area contributed by atoms with Crippen LogP contribution >= 0.6 is 22.7 Å². The molecule has 0 unspecified atom stereocenters. The van der Waals surface area contributed by atoms with Gasteiger partial charge in [-0.05, 0) is 67.9 Å².